The molecule has 130 valence electrons. The van der Waals surface area contributed by atoms with Gasteiger partial charge in [-0.15, -0.1) is 0 Å². The van der Waals surface area contributed by atoms with E-state index in [-0.39, 0.29) is 11.7 Å². The topological polar surface area (TPSA) is 18.5 Å². The van der Waals surface area contributed by atoms with Crippen molar-refractivity contribution in [2.45, 2.75) is 63.5 Å². The Hall–Kier alpha value is -1.39. The molecule has 0 N–H and O–H groups in total. The maximum absolute atomic E-state index is 13.6. The molecule has 2 rings (SSSR count). The molecule has 0 amide bonds. The minimum atomic E-state index is -4.41. The van der Waals surface area contributed by atoms with Gasteiger partial charge >= 0.3 is 6.18 Å². The first-order valence-electron chi connectivity index (χ1n) is 8.30. The summed E-state index contributed by atoms with van der Waals surface area (Å²) >= 11 is 0. The van der Waals surface area contributed by atoms with Crippen LogP contribution in [0.15, 0.2) is 12.1 Å². The van der Waals surface area contributed by atoms with Crippen LogP contribution in [0, 0.1) is 0 Å². The minimum absolute atomic E-state index is 0.106. The number of alkyl halides is 3. The van der Waals surface area contributed by atoms with Crippen molar-refractivity contribution in [2.75, 3.05) is 14.2 Å². The predicted octanol–water partition coefficient (Wildman–Crippen LogP) is 5.94. The monoisotopic (exact) mass is 330 g/mol. The van der Waals surface area contributed by atoms with Crippen LogP contribution < -0.4 is 9.47 Å². The lowest BCUT2D eigenvalue weighted by Gasteiger charge is -2.24. The van der Waals surface area contributed by atoms with E-state index >= 15 is 0 Å². The molecule has 1 aromatic carbocycles. The first kappa shape index (κ1) is 18.0. The predicted molar refractivity (Wildman–Crippen MR) is 84.2 cm³/mol. The smallest absolute Gasteiger partial charge is 0.416 e. The first-order chi connectivity index (χ1) is 11.0. The highest BCUT2D eigenvalue weighted by Crippen LogP contribution is 2.45. The molecule has 23 heavy (non-hydrogen) atoms. The molecule has 0 aromatic heterocycles. The maximum atomic E-state index is 13.6. The summed E-state index contributed by atoms with van der Waals surface area (Å²) < 4.78 is 51.1. The van der Waals surface area contributed by atoms with Gasteiger partial charge in [-0.3, -0.25) is 0 Å². The lowest BCUT2D eigenvalue weighted by Crippen LogP contribution is -2.14. The molecule has 0 atom stereocenters. The van der Waals surface area contributed by atoms with Crippen molar-refractivity contribution in [3.05, 3.63) is 23.3 Å². The molecule has 0 bridgehead atoms. The van der Waals surface area contributed by atoms with Crippen molar-refractivity contribution >= 4 is 0 Å². The summed E-state index contributed by atoms with van der Waals surface area (Å²) in [5, 5.41) is 0. The standard InChI is InChI=1S/C18H25F3O2/c1-22-14-11-15(18(19,20)21)17(16(12-14)23-2)13-9-7-5-3-4-6-8-10-13/h11-13H,3-10H2,1-2H3. The molecule has 1 aliphatic carbocycles. The van der Waals surface area contributed by atoms with Gasteiger partial charge in [0.1, 0.15) is 11.5 Å². The van der Waals surface area contributed by atoms with Crippen LogP contribution >= 0.6 is 0 Å². The van der Waals surface area contributed by atoms with Crippen molar-refractivity contribution in [3.8, 4) is 11.5 Å². The van der Waals surface area contributed by atoms with E-state index in [4.69, 9.17) is 9.47 Å². The Morgan fingerprint density at radius 2 is 1.43 bits per heavy atom. The summed E-state index contributed by atoms with van der Waals surface area (Å²) in [5.41, 5.74) is -0.305. The van der Waals surface area contributed by atoms with Crippen LogP contribution in [0.3, 0.4) is 0 Å². The van der Waals surface area contributed by atoms with E-state index < -0.39 is 11.7 Å². The van der Waals surface area contributed by atoms with Crippen molar-refractivity contribution in [2.24, 2.45) is 0 Å². The van der Waals surface area contributed by atoms with Gasteiger partial charge in [-0.05, 0) is 24.8 Å². The molecule has 0 spiro atoms. The first-order valence-corrected chi connectivity index (χ1v) is 8.30. The maximum Gasteiger partial charge on any atom is 0.416 e. The van der Waals surface area contributed by atoms with E-state index in [0.717, 1.165) is 44.6 Å². The van der Waals surface area contributed by atoms with Crippen LogP contribution in [0.25, 0.3) is 0 Å². The number of methoxy groups -OCH3 is 2. The largest absolute Gasteiger partial charge is 0.497 e. The summed E-state index contributed by atoms with van der Waals surface area (Å²) in [6, 6.07) is 2.67. The Kier molecular flexibility index (Phi) is 6.19. The fourth-order valence-corrected chi connectivity index (χ4v) is 3.47. The van der Waals surface area contributed by atoms with Gasteiger partial charge in [0.05, 0.1) is 19.8 Å². The Bertz CT molecular complexity index is 502. The van der Waals surface area contributed by atoms with Crippen LogP contribution in [0.2, 0.25) is 0 Å². The molecule has 0 unspecified atom stereocenters. The molecule has 1 aliphatic rings. The van der Waals surface area contributed by atoms with Crippen LogP contribution in [-0.4, -0.2) is 14.2 Å². The number of hydrogen-bond acceptors (Lipinski definition) is 2. The molecule has 1 saturated carbocycles. The lowest BCUT2D eigenvalue weighted by molar-refractivity contribution is -0.138. The number of ether oxygens (including phenoxy) is 2. The van der Waals surface area contributed by atoms with Gasteiger partial charge in [0.15, 0.2) is 0 Å². The molecule has 1 fully saturated rings. The summed E-state index contributed by atoms with van der Waals surface area (Å²) in [5.74, 6) is 0.368. The second-order valence-corrected chi connectivity index (χ2v) is 6.18. The van der Waals surface area contributed by atoms with E-state index in [1.807, 2.05) is 0 Å². The highest BCUT2D eigenvalue weighted by atomic mass is 19.4. The minimum Gasteiger partial charge on any atom is -0.497 e. The molecular weight excluding hydrogens is 305 g/mol. The van der Waals surface area contributed by atoms with Crippen molar-refractivity contribution in [1.29, 1.82) is 0 Å². The molecule has 0 heterocycles. The van der Waals surface area contributed by atoms with Gasteiger partial charge in [0.2, 0.25) is 0 Å². The zero-order valence-corrected chi connectivity index (χ0v) is 13.8. The lowest BCUT2D eigenvalue weighted by atomic mass is 9.85. The molecule has 5 heteroatoms. The molecular formula is C18H25F3O2. The third-order valence-corrected chi connectivity index (χ3v) is 4.64. The number of benzene rings is 1. The number of halogens is 3. The van der Waals surface area contributed by atoms with Crippen molar-refractivity contribution in [1.82, 2.24) is 0 Å². The second kappa shape index (κ2) is 7.93. The van der Waals surface area contributed by atoms with Gasteiger partial charge in [-0.25, -0.2) is 0 Å². The number of hydrogen-bond donors (Lipinski definition) is 0. The van der Waals surface area contributed by atoms with E-state index in [1.165, 1.54) is 27.1 Å². The van der Waals surface area contributed by atoms with E-state index in [2.05, 4.69) is 0 Å². The van der Waals surface area contributed by atoms with Crippen molar-refractivity contribution in [3.63, 3.8) is 0 Å². The summed E-state index contributed by atoms with van der Waals surface area (Å²) in [6.45, 7) is 0. The SMILES string of the molecule is COc1cc(OC)c(C2CCCCCCCC2)c(C(F)(F)F)c1. The van der Waals surface area contributed by atoms with E-state index in [0.29, 0.717) is 11.3 Å². The Labute approximate surface area is 136 Å². The quantitative estimate of drug-likeness (QED) is 0.683. The van der Waals surface area contributed by atoms with Gasteiger partial charge in [-0.1, -0.05) is 38.5 Å². The zero-order valence-electron chi connectivity index (χ0n) is 13.8. The van der Waals surface area contributed by atoms with Gasteiger partial charge in [0, 0.05) is 11.6 Å². The van der Waals surface area contributed by atoms with E-state index in [1.54, 1.807) is 6.07 Å². The van der Waals surface area contributed by atoms with Gasteiger partial charge in [0.25, 0.3) is 0 Å². The Balaban J connectivity index is 2.48. The Morgan fingerprint density at radius 3 is 1.91 bits per heavy atom. The average molecular weight is 330 g/mol. The second-order valence-electron chi connectivity index (χ2n) is 6.18. The van der Waals surface area contributed by atoms with E-state index in [9.17, 15) is 13.2 Å². The van der Waals surface area contributed by atoms with Crippen LogP contribution in [0.1, 0.15) is 68.4 Å². The fourth-order valence-electron chi connectivity index (χ4n) is 3.47. The summed E-state index contributed by atoms with van der Waals surface area (Å²) in [7, 11) is 2.79. The van der Waals surface area contributed by atoms with Crippen LogP contribution in [-0.2, 0) is 6.18 Å². The normalized spacial score (nSPS) is 18.0. The third-order valence-electron chi connectivity index (χ3n) is 4.64. The highest BCUT2D eigenvalue weighted by molar-refractivity contribution is 5.50. The van der Waals surface area contributed by atoms with Crippen molar-refractivity contribution < 1.29 is 22.6 Å². The fraction of sp³-hybridized carbons (Fsp3) is 0.667. The van der Waals surface area contributed by atoms with Crippen LogP contribution in [0.4, 0.5) is 13.2 Å². The zero-order chi connectivity index (χ0) is 16.9. The van der Waals surface area contributed by atoms with Gasteiger partial charge < -0.3 is 9.47 Å². The average Bonchev–Trinajstić information content (AvgIpc) is 2.66. The Morgan fingerprint density at radius 1 is 0.870 bits per heavy atom. The summed E-state index contributed by atoms with van der Waals surface area (Å²) in [6.07, 6.45) is 3.64. The third kappa shape index (κ3) is 4.55. The molecule has 1 aromatic rings. The molecule has 2 nitrogen and oxygen atoms in total. The molecule has 0 aliphatic heterocycles. The van der Waals surface area contributed by atoms with Gasteiger partial charge in [-0.2, -0.15) is 13.2 Å². The highest BCUT2D eigenvalue weighted by Gasteiger charge is 2.37. The number of rotatable bonds is 3. The summed E-state index contributed by atoms with van der Waals surface area (Å²) in [4.78, 5) is 0. The molecule has 0 radical (unpaired) electrons. The van der Waals surface area contributed by atoms with Crippen LogP contribution in [0.5, 0.6) is 11.5 Å². The molecule has 0 saturated heterocycles.